The van der Waals surface area contributed by atoms with Crippen LogP contribution in [0, 0.1) is 0 Å². The lowest BCUT2D eigenvalue weighted by Crippen LogP contribution is -2.14. The van der Waals surface area contributed by atoms with Gasteiger partial charge in [0.2, 0.25) is 0 Å². The van der Waals surface area contributed by atoms with Crippen LogP contribution in [-0.4, -0.2) is 32.6 Å². The van der Waals surface area contributed by atoms with Gasteiger partial charge >= 0.3 is 0 Å². The third-order valence-corrected chi connectivity index (χ3v) is 2.13. The molecule has 0 aliphatic carbocycles. The summed E-state index contributed by atoms with van der Waals surface area (Å²) in [5.74, 6) is 0.698. The first kappa shape index (κ1) is 8.27. The molecule has 0 aromatic carbocycles. The summed E-state index contributed by atoms with van der Waals surface area (Å²) in [6, 6.07) is 0. The third kappa shape index (κ3) is 1.56. The topological polar surface area (TPSA) is 89.6 Å². The van der Waals surface area contributed by atoms with Crippen LogP contribution in [0.1, 0.15) is 0 Å². The van der Waals surface area contributed by atoms with Crippen molar-refractivity contribution in [3.05, 3.63) is 6.33 Å². The normalized spacial score (nSPS) is 10.5. The lowest BCUT2D eigenvalue weighted by Gasteiger charge is -2.01. The van der Waals surface area contributed by atoms with E-state index in [1.807, 2.05) is 0 Å². The molecule has 0 radical (unpaired) electrons. The highest BCUT2D eigenvalue weighted by Crippen LogP contribution is 2.17. The number of nitrogens with two attached hydrogens (primary N) is 1. The van der Waals surface area contributed by atoms with Gasteiger partial charge in [0.15, 0.2) is 16.2 Å². The summed E-state index contributed by atoms with van der Waals surface area (Å²) in [5.41, 5.74) is 6.07. The Morgan fingerprint density at radius 1 is 1.46 bits per heavy atom. The zero-order valence-corrected chi connectivity index (χ0v) is 7.58. The summed E-state index contributed by atoms with van der Waals surface area (Å²) in [6.45, 7) is 1.23. The fraction of sp³-hybridized carbons (Fsp3) is 0.333. The highest BCUT2D eigenvalue weighted by molar-refractivity contribution is 7.12. The maximum absolute atomic E-state index is 5.36. The summed E-state index contributed by atoms with van der Waals surface area (Å²) in [6.07, 6.45) is 1.49. The van der Waals surface area contributed by atoms with E-state index in [2.05, 4.69) is 24.9 Å². The fourth-order valence-corrected chi connectivity index (χ4v) is 1.46. The molecule has 0 amide bonds. The van der Waals surface area contributed by atoms with Gasteiger partial charge in [-0.25, -0.2) is 9.97 Å². The molecule has 0 atom stereocenters. The lowest BCUT2D eigenvalue weighted by atomic mass is 10.5. The monoisotopic (exact) mass is 196 g/mol. The van der Waals surface area contributed by atoms with E-state index in [9.17, 15) is 0 Å². The van der Waals surface area contributed by atoms with Gasteiger partial charge in [-0.1, -0.05) is 4.49 Å². The van der Waals surface area contributed by atoms with Crippen LogP contribution in [0.2, 0.25) is 0 Å². The van der Waals surface area contributed by atoms with Crippen LogP contribution in [0.5, 0.6) is 0 Å². The Kier molecular flexibility index (Phi) is 2.28. The zero-order chi connectivity index (χ0) is 9.10. The van der Waals surface area contributed by atoms with Crippen molar-refractivity contribution < 1.29 is 0 Å². The van der Waals surface area contributed by atoms with Gasteiger partial charge in [0.05, 0.1) is 0 Å². The van der Waals surface area contributed by atoms with Crippen molar-refractivity contribution in [2.24, 2.45) is 5.73 Å². The maximum Gasteiger partial charge on any atom is 0.169 e. The lowest BCUT2D eigenvalue weighted by molar-refractivity contribution is 1.01. The molecule has 6 nitrogen and oxygen atoms in total. The number of rotatable bonds is 3. The average Bonchev–Trinajstić information content (AvgIpc) is 2.62. The van der Waals surface area contributed by atoms with Crippen LogP contribution >= 0.6 is 11.5 Å². The molecule has 7 heteroatoms. The van der Waals surface area contributed by atoms with E-state index in [4.69, 9.17) is 5.73 Å². The summed E-state index contributed by atoms with van der Waals surface area (Å²) in [4.78, 5) is 8.85. The van der Waals surface area contributed by atoms with Crippen LogP contribution in [0.15, 0.2) is 6.33 Å². The molecular weight excluding hydrogens is 188 g/mol. The van der Waals surface area contributed by atoms with Crippen LogP contribution < -0.4 is 11.1 Å². The number of aromatic nitrogens is 4. The van der Waals surface area contributed by atoms with Gasteiger partial charge in [-0.3, -0.25) is 0 Å². The summed E-state index contributed by atoms with van der Waals surface area (Å²) >= 11 is 1.25. The molecule has 2 rings (SSSR count). The largest absolute Gasteiger partial charge is 0.367 e. The first-order chi connectivity index (χ1) is 6.42. The standard InChI is InChI=1S/C6H8N6S/c7-1-2-8-5-4-6(10-3-9-5)13-12-11-4/h3H,1-2,7H2,(H,8,9,10). The average molecular weight is 196 g/mol. The van der Waals surface area contributed by atoms with Crippen molar-refractivity contribution in [3.8, 4) is 0 Å². The Bertz CT molecular complexity index is 399. The first-order valence-electron chi connectivity index (χ1n) is 3.79. The van der Waals surface area contributed by atoms with E-state index in [1.54, 1.807) is 0 Å². The van der Waals surface area contributed by atoms with Crippen molar-refractivity contribution in [1.82, 2.24) is 19.6 Å². The van der Waals surface area contributed by atoms with E-state index in [0.717, 1.165) is 4.83 Å². The highest BCUT2D eigenvalue weighted by atomic mass is 32.1. The molecular formula is C6H8N6S. The molecule has 0 unspecified atom stereocenters. The van der Waals surface area contributed by atoms with E-state index >= 15 is 0 Å². The second kappa shape index (κ2) is 3.58. The second-order valence-electron chi connectivity index (χ2n) is 2.36. The van der Waals surface area contributed by atoms with Crippen molar-refractivity contribution in [1.29, 1.82) is 0 Å². The minimum Gasteiger partial charge on any atom is -0.367 e. The fourth-order valence-electron chi connectivity index (χ4n) is 0.939. The summed E-state index contributed by atoms with van der Waals surface area (Å²) in [7, 11) is 0. The smallest absolute Gasteiger partial charge is 0.169 e. The molecule has 0 aliphatic heterocycles. The Labute approximate surface area is 78.4 Å². The molecule has 2 heterocycles. The van der Waals surface area contributed by atoms with Gasteiger partial charge in [-0.2, -0.15) is 0 Å². The van der Waals surface area contributed by atoms with E-state index in [-0.39, 0.29) is 0 Å². The summed E-state index contributed by atoms with van der Waals surface area (Å²) in [5, 5.41) is 6.96. The van der Waals surface area contributed by atoms with E-state index in [1.165, 1.54) is 17.9 Å². The van der Waals surface area contributed by atoms with Crippen molar-refractivity contribution in [2.75, 3.05) is 18.4 Å². The van der Waals surface area contributed by atoms with Gasteiger partial charge < -0.3 is 11.1 Å². The van der Waals surface area contributed by atoms with Crippen molar-refractivity contribution >= 4 is 27.7 Å². The Morgan fingerprint density at radius 3 is 3.23 bits per heavy atom. The number of fused-ring (bicyclic) bond motifs is 1. The van der Waals surface area contributed by atoms with Crippen LogP contribution in [0.25, 0.3) is 10.3 Å². The van der Waals surface area contributed by atoms with Gasteiger partial charge in [-0.15, -0.1) is 5.10 Å². The second-order valence-corrected chi connectivity index (χ2v) is 3.10. The Morgan fingerprint density at radius 2 is 2.38 bits per heavy atom. The van der Waals surface area contributed by atoms with Gasteiger partial charge in [0.25, 0.3) is 0 Å². The molecule has 0 saturated carbocycles. The van der Waals surface area contributed by atoms with Crippen molar-refractivity contribution in [3.63, 3.8) is 0 Å². The highest BCUT2D eigenvalue weighted by Gasteiger charge is 2.05. The number of anilines is 1. The number of hydrogen-bond acceptors (Lipinski definition) is 7. The third-order valence-electron chi connectivity index (χ3n) is 1.49. The number of nitrogens with one attached hydrogen (secondary N) is 1. The van der Waals surface area contributed by atoms with E-state index in [0.29, 0.717) is 24.4 Å². The van der Waals surface area contributed by atoms with Crippen LogP contribution in [0.4, 0.5) is 5.82 Å². The Balaban J connectivity index is 2.37. The van der Waals surface area contributed by atoms with Crippen molar-refractivity contribution in [2.45, 2.75) is 0 Å². The molecule has 0 fully saturated rings. The minimum atomic E-state index is 0.559. The molecule has 0 spiro atoms. The predicted octanol–water partition coefficient (Wildman–Crippen LogP) is -0.148. The minimum absolute atomic E-state index is 0.559. The Hall–Kier alpha value is -1.34. The maximum atomic E-state index is 5.36. The quantitative estimate of drug-likeness (QED) is 0.709. The number of hydrogen-bond donors (Lipinski definition) is 2. The molecule has 2 aromatic heterocycles. The van der Waals surface area contributed by atoms with Crippen LogP contribution in [-0.2, 0) is 0 Å². The zero-order valence-electron chi connectivity index (χ0n) is 6.77. The van der Waals surface area contributed by atoms with Gasteiger partial charge in [0.1, 0.15) is 6.33 Å². The van der Waals surface area contributed by atoms with E-state index < -0.39 is 0 Å². The molecule has 0 saturated heterocycles. The van der Waals surface area contributed by atoms with Gasteiger partial charge in [0, 0.05) is 24.6 Å². The van der Waals surface area contributed by atoms with Crippen LogP contribution in [0.3, 0.4) is 0 Å². The molecule has 3 N–H and O–H groups in total. The molecule has 2 aromatic rings. The molecule has 0 aliphatic rings. The SMILES string of the molecule is NCCNc1ncnc2snnc12. The summed E-state index contributed by atoms with van der Waals surface area (Å²) < 4.78 is 3.79. The number of nitrogens with zero attached hydrogens (tertiary/aromatic N) is 4. The van der Waals surface area contributed by atoms with Gasteiger partial charge in [-0.05, 0) is 0 Å². The molecule has 0 bridgehead atoms. The first-order valence-corrected chi connectivity index (χ1v) is 4.56. The molecule has 13 heavy (non-hydrogen) atoms. The molecule has 68 valence electrons. The predicted molar refractivity (Wildman–Crippen MR) is 50.5 cm³/mol.